The lowest BCUT2D eigenvalue weighted by Crippen LogP contribution is -2.11. The SMILES string of the molecule is CC[C@H](N)c1ccncc1CO. The van der Waals surface area contributed by atoms with Gasteiger partial charge in [0.05, 0.1) is 6.61 Å². The van der Waals surface area contributed by atoms with E-state index in [1.165, 1.54) is 0 Å². The largest absolute Gasteiger partial charge is 0.392 e. The van der Waals surface area contributed by atoms with Crippen LogP contribution in [0.5, 0.6) is 0 Å². The molecule has 1 atom stereocenters. The molecule has 1 aromatic rings. The Labute approximate surface area is 72.2 Å². The van der Waals surface area contributed by atoms with Crippen molar-refractivity contribution in [1.29, 1.82) is 0 Å². The van der Waals surface area contributed by atoms with E-state index in [4.69, 9.17) is 10.8 Å². The molecule has 12 heavy (non-hydrogen) atoms. The molecule has 0 unspecified atom stereocenters. The molecular weight excluding hydrogens is 152 g/mol. The van der Waals surface area contributed by atoms with Crippen molar-refractivity contribution in [2.45, 2.75) is 26.0 Å². The molecule has 0 saturated heterocycles. The fourth-order valence-electron chi connectivity index (χ4n) is 1.15. The van der Waals surface area contributed by atoms with Crippen LogP contribution in [0, 0.1) is 0 Å². The normalized spacial score (nSPS) is 12.9. The molecule has 0 saturated carbocycles. The van der Waals surface area contributed by atoms with Gasteiger partial charge in [-0.2, -0.15) is 0 Å². The predicted octanol–water partition coefficient (Wildman–Crippen LogP) is 0.984. The highest BCUT2D eigenvalue weighted by Gasteiger charge is 2.07. The van der Waals surface area contributed by atoms with E-state index < -0.39 is 0 Å². The zero-order valence-electron chi connectivity index (χ0n) is 7.20. The van der Waals surface area contributed by atoms with Crippen LogP contribution < -0.4 is 5.73 Å². The van der Waals surface area contributed by atoms with Gasteiger partial charge in [0.15, 0.2) is 0 Å². The molecule has 0 radical (unpaired) electrons. The third-order valence-corrected chi connectivity index (χ3v) is 1.95. The van der Waals surface area contributed by atoms with Gasteiger partial charge in [-0.25, -0.2) is 0 Å². The van der Waals surface area contributed by atoms with Gasteiger partial charge in [-0.3, -0.25) is 4.98 Å². The summed E-state index contributed by atoms with van der Waals surface area (Å²) in [6.45, 7) is 2.03. The van der Waals surface area contributed by atoms with Crippen molar-refractivity contribution >= 4 is 0 Å². The predicted molar refractivity (Wildman–Crippen MR) is 47.4 cm³/mol. The number of hydrogen-bond acceptors (Lipinski definition) is 3. The molecule has 0 aliphatic rings. The van der Waals surface area contributed by atoms with Gasteiger partial charge >= 0.3 is 0 Å². The topological polar surface area (TPSA) is 59.1 Å². The molecule has 3 nitrogen and oxygen atoms in total. The summed E-state index contributed by atoms with van der Waals surface area (Å²) in [5, 5.41) is 8.97. The van der Waals surface area contributed by atoms with Gasteiger partial charge in [-0.05, 0) is 18.1 Å². The first-order valence-corrected chi connectivity index (χ1v) is 4.08. The highest BCUT2D eigenvalue weighted by molar-refractivity contribution is 5.25. The van der Waals surface area contributed by atoms with Crippen molar-refractivity contribution in [2.75, 3.05) is 0 Å². The Bertz CT molecular complexity index is 250. The van der Waals surface area contributed by atoms with Crippen molar-refractivity contribution in [2.24, 2.45) is 5.73 Å². The molecule has 0 spiro atoms. The molecule has 3 heteroatoms. The van der Waals surface area contributed by atoms with Crippen molar-refractivity contribution < 1.29 is 5.11 Å². The van der Waals surface area contributed by atoms with Gasteiger partial charge in [0.1, 0.15) is 0 Å². The molecule has 0 amide bonds. The standard InChI is InChI=1S/C9H14N2O/c1-2-9(10)8-3-4-11-5-7(8)6-12/h3-5,9,12H,2,6,10H2,1H3/t9-/m0/s1. The number of aromatic nitrogens is 1. The van der Waals surface area contributed by atoms with Gasteiger partial charge in [0.25, 0.3) is 0 Å². The van der Waals surface area contributed by atoms with E-state index in [9.17, 15) is 0 Å². The van der Waals surface area contributed by atoms with E-state index in [-0.39, 0.29) is 12.6 Å². The van der Waals surface area contributed by atoms with E-state index in [1.54, 1.807) is 12.4 Å². The average Bonchev–Trinajstić information content (AvgIpc) is 2.16. The Morgan fingerprint density at radius 2 is 2.42 bits per heavy atom. The molecule has 0 aliphatic heterocycles. The lowest BCUT2D eigenvalue weighted by molar-refractivity contribution is 0.279. The van der Waals surface area contributed by atoms with Crippen LogP contribution >= 0.6 is 0 Å². The number of pyridine rings is 1. The highest BCUT2D eigenvalue weighted by Crippen LogP contribution is 2.17. The van der Waals surface area contributed by atoms with Gasteiger partial charge in [0, 0.05) is 24.0 Å². The van der Waals surface area contributed by atoms with Gasteiger partial charge < -0.3 is 10.8 Å². The number of hydrogen-bond donors (Lipinski definition) is 2. The van der Waals surface area contributed by atoms with Crippen LogP contribution in [0.15, 0.2) is 18.5 Å². The molecular formula is C9H14N2O. The van der Waals surface area contributed by atoms with Crippen LogP contribution in [0.3, 0.4) is 0 Å². The minimum Gasteiger partial charge on any atom is -0.392 e. The summed E-state index contributed by atoms with van der Waals surface area (Å²) >= 11 is 0. The monoisotopic (exact) mass is 166 g/mol. The Hall–Kier alpha value is -0.930. The zero-order chi connectivity index (χ0) is 8.97. The fraction of sp³-hybridized carbons (Fsp3) is 0.444. The summed E-state index contributed by atoms with van der Waals surface area (Å²) in [5.41, 5.74) is 7.65. The molecule has 0 bridgehead atoms. The van der Waals surface area contributed by atoms with Crippen LogP contribution in [-0.4, -0.2) is 10.1 Å². The number of aliphatic hydroxyl groups is 1. The highest BCUT2D eigenvalue weighted by atomic mass is 16.3. The average molecular weight is 166 g/mol. The lowest BCUT2D eigenvalue weighted by atomic mass is 10.0. The molecule has 1 rings (SSSR count). The molecule has 1 aromatic heterocycles. The van der Waals surface area contributed by atoms with Gasteiger partial charge in [-0.15, -0.1) is 0 Å². The maximum Gasteiger partial charge on any atom is 0.0700 e. The maximum absolute atomic E-state index is 8.97. The van der Waals surface area contributed by atoms with Crippen LogP contribution in [0.2, 0.25) is 0 Å². The molecule has 0 fully saturated rings. The Balaban J connectivity index is 2.96. The van der Waals surface area contributed by atoms with Crippen LogP contribution in [0.1, 0.15) is 30.5 Å². The minimum atomic E-state index is 0.00940. The number of nitrogens with two attached hydrogens (primary N) is 1. The molecule has 0 aliphatic carbocycles. The van der Waals surface area contributed by atoms with Gasteiger partial charge in [-0.1, -0.05) is 6.92 Å². The van der Waals surface area contributed by atoms with Crippen molar-refractivity contribution in [3.63, 3.8) is 0 Å². The van der Waals surface area contributed by atoms with E-state index in [1.807, 2.05) is 13.0 Å². The molecule has 66 valence electrons. The Morgan fingerprint density at radius 3 is 3.00 bits per heavy atom. The Morgan fingerprint density at radius 1 is 1.67 bits per heavy atom. The van der Waals surface area contributed by atoms with Crippen molar-refractivity contribution in [3.8, 4) is 0 Å². The van der Waals surface area contributed by atoms with E-state index >= 15 is 0 Å². The van der Waals surface area contributed by atoms with E-state index in [2.05, 4.69) is 4.98 Å². The van der Waals surface area contributed by atoms with E-state index in [0.717, 1.165) is 17.5 Å². The summed E-state index contributed by atoms with van der Waals surface area (Å²) in [6.07, 6.45) is 4.23. The number of aliphatic hydroxyl groups excluding tert-OH is 1. The van der Waals surface area contributed by atoms with E-state index in [0.29, 0.717) is 0 Å². The first kappa shape index (κ1) is 9.16. The van der Waals surface area contributed by atoms with Crippen LogP contribution in [0.4, 0.5) is 0 Å². The number of nitrogens with zero attached hydrogens (tertiary/aromatic N) is 1. The second kappa shape index (κ2) is 4.18. The third-order valence-electron chi connectivity index (χ3n) is 1.95. The second-order valence-electron chi connectivity index (χ2n) is 2.75. The second-order valence-corrected chi connectivity index (χ2v) is 2.75. The lowest BCUT2D eigenvalue weighted by Gasteiger charge is -2.12. The Kier molecular flexibility index (Phi) is 3.19. The maximum atomic E-state index is 8.97. The smallest absolute Gasteiger partial charge is 0.0700 e. The quantitative estimate of drug-likeness (QED) is 0.703. The number of rotatable bonds is 3. The van der Waals surface area contributed by atoms with Crippen LogP contribution in [-0.2, 0) is 6.61 Å². The minimum absolute atomic E-state index is 0.00940. The van der Waals surface area contributed by atoms with Crippen molar-refractivity contribution in [3.05, 3.63) is 29.6 Å². The van der Waals surface area contributed by atoms with Crippen molar-refractivity contribution in [1.82, 2.24) is 4.98 Å². The summed E-state index contributed by atoms with van der Waals surface area (Å²) in [4.78, 5) is 3.92. The summed E-state index contributed by atoms with van der Waals surface area (Å²) in [7, 11) is 0. The first-order valence-electron chi connectivity index (χ1n) is 4.08. The summed E-state index contributed by atoms with van der Waals surface area (Å²) < 4.78 is 0. The summed E-state index contributed by atoms with van der Waals surface area (Å²) in [6, 6.07) is 1.87. The zero-order valence-corrected chi connectivity index (χ0v) is 7.20. The molecule has 0 aromatic carbocycles. The third kappa shape index (κ3) is 1.81. The molecule has 3 N–H and O–H groups in total. The summed E-state index contributed by atoms with van der Waals surface area (Å²) in [5.74, 6) is 0. The van der Waals surface area contributed by atoms with Gasteiger partial charge in [0.2, 0.25) is 0 Å². The first-order chi connectivity index (χ1) is 5.79. The molecule has 1 heterocycles. The fourth-order valence-corrected chi connectivity index (χ4v) is 1.15. The van der Waals surface area contributed by atoms with Crippen LogP contribution in [0.25, 0.3) is 0 Å².